The minimum atomic E-state index is 0.440. The Kier molecular flexibility index (Phi) is 3.49. The number of nitrogens with one attached hydrogen (secondary N) is 1. The van der Waals surface area contributed by atoms with Crippen LogP contribution in [0.2, 0.25) is 0 Å². The molecule has 0 saturated carbocycles. The van der Waals surface area contributed by atoms with E-state index in [0.29, 0.717) is 6.04 Å². The first-order valence-electron chi connectivity index (χ1n) is 5.71. The van der Waals surface area contributed by atoms with E-state index in [0.717, 1.165) is 23.9 Å². The molecule has 0 amide bonds. The summed E-state index contributed by atoms with van der Waals surface area (Å²) in [5.41, 5.74) is 0.935. The maximum Gasteiger partial charge on any atom is 0.156 e. The molecule has 17 heavy (non-hydrogen) atoms. The molecule has 2 aromatic heterocycles. The van der Waals surface area contributed by atoms with Crippen molar-refractivity contribution in [2.75, 3.05) is 0 Å². The van der Waals surface area contributed by atoms with Gasteiger partial charge in [-0.05, 0) is 6.92 Å². The van der Waals surface area contributed by atoms with E-state index < -0.39 is 0 Å². The first kappa shape index (κ1) is 11.7. The van der Waals surface area contributed by atoms with Gasteiger partial charge in [-0.3, -0.25) is 9.55 Å². The molecular weight excluding hydrogens is 214 g/mol. The lowest BCUT2D eigenvalue weighted by Crippen LogP contribution is -2.22. The molecule has 0 aliphatic rings. The predicted octanol–water partition coefficient (Wildman–Crippen LogP) is 1.47. The molecule has 1 N–H and O–H groups in total. The number of aryl methyl sites for hydroxylation is 1. The van der Waals surface area contributed by atoms with Crippen LogP contribution in [0.15, 0.2) is 24.8 Å². The van der Waals surface area contributed by atoms with Gasteiger partial charge >= 0.3 is 0 Å². The fourth-order valence-electron chi connectivity index (χ4n) is 1.52. The van der Waals surface area contributed by atoms with E-state index in [1.807, 2.05) is 17.7 Å². The Morgan fingerprint density at radius 2 is 2.18 bits per heavy atom. The van der Waals surface area contributed by atoms with Crippen LogP contribution in [0, 0.1) is 6.92 Å². The smallest absolute Gasteiger partial charge is 0.156 e. The normalized spacial score (nSPS) is 11.1. The molecule has 2 aromatic rings. The van der Waals surface area contributed by atoms with Gasteiger partial charge in [-0.1, -0.05) is 13.8 Å². The van der Waals surface area contributed by atoms with Crippen LogP contribution in [0.1, 0.15) is 25.4 Å². The molecule has 5 nitrogen and oxygen atoms in total. The zero-order valence-corrected chi connectivity index (χ0v) is 10.4. The third kappa shape index (κ3) is 2.88. The number of imidazole rings is 1. The van der Waals surface area contributed by atoms with Gasteiger partial charge in [0.25, 0.3) is 0 Å². The lowest BCUT2D eigenvalue weighted by Gasteiger charge is -2.09. The molecule has 0 aliphatic carbocycles. The average Bonchev–Trinajstić information content (AvgIpc) is 2.73. The minimum absolute atomic E-state index is 0.440. The van der Waals surface area contributed by atoms with Gasteiger partial charge in [-0.25, -0.2) is 9.97 Å². The second-order valence-electron chi connectivity index (χ2n) is 4.25. The van der Waals surface area contributed by atoms with Crippen LogP contribution in [-0.2, 0) is 6.54 Å². The molecule has 0 aliphatic heterocycles. The van der Waals surface area contributed by atoms with Crippen LogP contribution in [0.5, 0.6) is 0 Å². The van der Waals surface area contributed by atoms with E-state index in [4.69, 9.17) is 0 Å². The third-order valence-electron chi connectivity index (χ3n) is 2.44. The molecule has 90 valence electrons. The van der Waals surface area contributed by atoms with E-state index >= 15 is 0 Å². The number of nitrogens with zero attached hydrogens (tertiary/aromatic N) is 4. The van der Waals surface area contributed by atoms with Crippen molar-refractivity contribution < 1.29 is 0 Å². The van der Waals surface area contributed by atoms with Crippen molar-refractivity contribution in [3.8, 4) is 5.82 Å². The Morgan fingerprint density at radius 3 is 2.82 bits per heavy atom. The Balaban J connectivity index is 2.20. The monoisotopic (exact) mass is 231 g/mol. The largest absolute Gasteiger partial charge is 0.309 e. The fraction of sp³-hybridized carbons (Fsp3) is 0.417. The van der Waals surface area contributed by atoms with Crippen LogP contribution in [0.25, 0.3) is 5.82 Å². The second-order valence-corrected chi connectivity index (χ2v) is 4.25. The molecular formula is C12H17N5. The predicted molar refractivity (Wildman–Crippen MR) is 65.9 cm³/mol. The number of rotatable bonds is 4. The number of hydrogen-bond donors (Lipinski definition) is 1. The standard InChI is InChI=1S/C12H17N5/c1-9(2)15-7-11-6-13-8-12(16-11)17-5-4-14-10(17)3/h4-6,8-9,15H,7H2,1-3H3. The van der Waals surface area contributed by atoms with E-state index in [-0.39, 0.29) is 0 Å². The van der Waals surface area contributed by atoms with Crippen molar-refractivity contribution in [2.45, 2.75) is 33.4 Å². The molecule has 5 heteroatoms. The highest BCUT2D eigenvalue weighted by Crippen LogP contribution is 2.06. The zero-order chi connectivity index (χ0) is 12.3. The van der Waals surface area contributed by atoms with Gasteiger partial charge in [0.2, 0.25) is 0 Å². The molecule has 0 radical (unpaired) electrons. The van der Waals surface area contributed by atoms with Crippen LogP contribution < -0.4 is 5.32 Å². The van der Waals surface area contributed by atoms with Crippen LogP contribution in [-0.4, -0.2) is 25.6 Å². The second kappa shape index (κ2) is 5.05. The molecule has 0 aromatic carbocycles. The van der Waals surface area contributed by atoms with Crippen LogP contribution in [0.3, 0.4) is 0 Å². The topological polar surface area (TPSA) is 55.6 Å². The summed E-state index contributed by atoms with van der Waals surface area (Å²) in [5.74, 6) is 1.72. The lowest BCUT2D eigenvalue weighted by atomic mass is 10.3. The molecule has 0 spiro atoms. The number of hydrogen-bond acceptors (Lipinski definition) is 4. The van der Waals surface area contributed by atoms with Gasteiger partial charge in [0.1, 0.15) is 5.82 Å². The Labute approximate surface area is 101 Å². The van der Waals surface area contributed by atoms with Gasteiger partial charge in [0.15, 0.2) is 5.82 Å². The van der Waals surface area contributed by atoms with E-state index in [1.165, 1.54) is 0 Å². The van der Waals surface area contributed by atoms with E-state index in [2.05, 4.69) is 34.1 Å². The fourth-order valence-corrected chi connectivity index (χ4v) is 1.52. The highest BCUT2D eigenvalue weighted by atomic mass is 15.1. The highest BCUT2D eigenvalue weighted by Gasteiger charge is 2.04. The van der Waals surface area contributed by atoms with Crippen molar-refractivity contribution in [2.24, 2.45) is 0 Å². The molecule has 2 heterocycles. The summed E-state index contributed by atoms with van der Waals surface area (Å²) in [6.45, 7) is 6.89. The third-order valence-corrected chi connectivity index (χ3v) is 2.44. The summed E-state index contributed by atoms with van der Waals surface area (Å²) in [6.07, 6.45) is 7.17. The molecule has 0 unspecified atom stereocenters. The first-order chi connectivity index (χ1) is 8.16. The SMILES string of the molecule is Cc1nccn1-c1cncc(CNC(C)C)n1. The lowest BCUT2D eigenvalue weighted by molar-refractivity contribution is 0.579. The maximum atomic E-state index is 4.55. The summed E-state index contributed by atoms with van der Waals surface area (Å²) in [6, 6.07) is 0.440. The maximum absolute atomic E-state index is 4.55. The van der Waals surface area contributed by atoms with Gasteiger partial charge in [0.05, 0.1) is 11.9 Å². The number of aromatic nitrogens is 4. The molecule has 0 atom stereocenters. The van der Waals surface area contributed by atoms with Crippen molar-refractivity contribution in [3.05, 3.63) is 36.3 Å². The van der Waals surface area contributed by atoms with Gasteiger partial charge in [-0.2, -0.15) is 0 Å². The van der Waals surface area contributed by atoms with E-state index in [1.54, 1.807) is 18.6 Å². The Hall–Kier alpha value is -1.75. The van der Waals surface area contributed by atoms with Gasteiger partial charge < -0.3 is 5.32 Å². The summed E-state index contributed by atoms with van der Waals surface area (Å²) in [4.78, 5) is 12.9. The molecule has 2 rings (SSSR count). The van der Waals surface area contributed by atoms with Crippen molar-refractivity contribution >= 4 is 0 Å². The summed E-state index contributed by atoms with van der Waals surface area (Å²) < 4.78 is 1.92. The zero-order valence-electron chi connectivity index (χ0n) is 10.4. The highest BCUT2D eigenvalue weighted by molar-refractivity contribution is 5.22. The average molecular weight is 231 g/mol. The van der Waals surface area contributed by atoms with Gasteiger partial charge in [-0.15, -0.1) is 0 Å². The Bertz CT molecular complexity index is 489. The van der Waals surface area contributed by atoms with Crippen molar-refractivity contribution in [1.82, 2.24) is 24.8 Å². The summed E-state index contributed by atoms with van der Waals surface area (Å²) >= 11 is 0. The quantitative estimate of drug-likeness (QED) is 0.865. The van der Waals surface area contributed by atoms with Crippen LogP contribution >= 0.6 is 0 Å². The first-order valence-corrected chi connectivity index (χ1v) is 5.71. The summed E-state index contributed by atoms with van der Waals surface area (Å²) in [7, 11) is 0. The van der Waals surface area contributed by atoms with Gasteiger partial charge in [0, 0.05) is 31.2 Å². The minimum Gasteiger partial charge on any atom is -0.309 e. The Morgan fingerprint density at radius 1 is 1.35 bits per heavy atom. The van der Waals surface area contributed by atoms with Crippen LogP contribution in [0.4, 0.5) is 0 Å². The molecule has 0 saturated heterocycles. The van der Waals surface area contributed by atoms with Crippen molar-refractivity contribution in [3.63, 3.8) is 0 Å². The van der Waals surface area contributed by atoms with E-state index in [9.17, 15) is 0 Å². The molecule has 0 bridgehead atoms. The molecule has 0 fully saturated rings. The van der Waals surface area contributed by atoms with Crippen molar-refractivity contribution in [1.29, 1.82) is 0 Å². The summed E-state index contributed by atoms with van der Waals surface area (Å²) in [5, 5.41) is 3.32.